The quantitative estimate of drug-likeness (QED) is 0.648. The highest BCUT2D eigenvalue weighted by Gasteiger charge is 2.32. The third-order valence-electron chi connectivity index (χ3n) is 4.99. The molecule has 12 heteroatoms. The van der Waals surface area contributed by atoms with Gasteiger partial charge in [0.05, 0.1) is 40.6 Å². The van der Waals surface area contributed by atoms with Gasteiger partial charge in [-0.2, -0.15) is 13.2 Å². The number of morpholine rings is 1. The van der Waals surface area contributed by atoms with Crippen molar-refractivity contribution < 1.29 is 30.7 Å². The number of oxazole rings is 1. The molecule has 0 atom stereocenters. The molecule has 0 radical (unpaired) electrons. The first kappa shape index (κ1) is 21.2. The molecule has 0 aliphatic carbocycles. The topological polar surface area (TPSA) is 93.8 Å². The lowest BCUT2D eigenvalue weighted by molar-refractivity contribution is -0.137. The molecule has 3 aromatic rings. The number of hydrogen-bond donors (Lipinski definition) is 1. The van der Waals surface area contributed by atoms with E-state index >= 15 is 0 Å². The first-order chi connectivity index (χ1) is 14.6. The Labute approximate surface area is 174 Å². The average molecular weight is 457 g/mol. The second kappa shape index (κ2) is 7.61. The number of hydrogen-bond acceptors (Lipinski definition) is 6. The van der Waals surface area contributed by atoms with Crippen LogP contribution in [0.5, 0.6) is 0 Å². The number of benzene rings is 2. The first-order valence-corrected chi connectivity index (χ1v) is 10.7. The molecule has 1 aliphatic rings. The van der Waals surface area contributed by atoms with Crippen molar-refractivity contribution in [2.45, 2.75) is 11.1 Å². The lowest BCUT2D eigenvalue weighted by Crippen LogP contribution is -2.36. The van der Waals surface area contributed by atoms with E-state index < -0.39 is 27.5 Å². The van der Waals surface area contributed by atoms with Crippen molar-refractivity contribution in [3.05, 3.63) is 52.5 Å². The van der Waals surface area contributed by atoms with Crippen LogP contribution in [0.1, 0.15) is 5.56 Å². The van der Waals surface area contributed by atoms with Crippen molar-refractivity contribution >= 4 is 32.5 Å². The number of sulfonamides is 1. The van der Waals surface area contributed by atoms with Crippen molar-refractivity contribution in [3.8, 4) is 0 Å². The van der Waals surface area contributed by atoms with Gasteiger partial charge in [0.15, 0.2) is 5.58 Å². The molecular weight excluding hydrogens is 439 g/mol. The van der Waals surface area contributed by atoms with Crippen LogP contribution in [0.25, 0.3) is 11.1 Å². The van der Waals surface area contributed by atoms with Crippen molar-refractivity contribution in [2.24, 2.45) is 7.05 Å². The molecule has 0 saturated carbocycles. The minimum atomic E-state index is -4.64. The largest absolute Gasteiger partial charge is 0.419 e. The summed E-state index contributed by atoms with van der Waals surface area (Å²) in [6.07, 6.45) is -4.64. The maximum atomic E-state index is 13.3. The van der Waals surface area contributed by atoms with Crippen LogP contribution in [0.2, 0.25) is 0 Å². The monoisotopic (exact) mass is 457 g/mol. The van der Waals surface area contributed by atoms with Gasteiger partial charge in [0.2, 0.25) is 0 Å². The molecule has 1 saturated heterocycles. The van der Waals surface area contributed by atoms with Crippen LogP contribution in [0.3, 0.4) is 0 Å². The molecule has 2 heterocycles. The van der Waals surface area contributed by atoms with E-state index in [1.165, 1.54) is 29.8 Å². The van der Waals surface area contributed by atoms with Gasteiger partial charge in [-0.1, -0.05) is 0 Å². The van der Waals surface area contributed by atoms with E-state index in [1.54, 1.807) is 4.90 Å². The Morgan fingerprint density at radius 1 is 1.06 bits per heavy atom. The zero-order valence-corrected chi connectivity index (χ0v) is 17.1. The summed E-state index contributed by atoms with van der Waals surface area (Å²) in [5, 5.41) is 0. The van der Waals surface area contributed by atoms with Gasteiger partial charge < -0.3 is 14.1 Å². The molecule has 1 aliphatic heterocycles. The van der Waals surface area contributed by atoms with Crippen LogP contribution in [-0.2, 0) is 28.0 Å². The highest BCUT2D eigenvalue weighted by atomic mass is 32.2. The lowest BCUT2D eigenvalue weighted by Gasteiger charge is -2.31. The summed E-state index contributed by atoms with van der Waals surface area (Å²) >= 11 is 0. The second-order valence-electron chi connectivity index (χ2n) is 6.99. The average Bonchev–Trinajstić information content (AvgIpc) is 3.01. The van der Waals surface area contributed by atoms with Crippen LogP contribution in [0.4, 0.5) is 24.5 Å². The number of alkyl halides is 3. The number of aryl methyl sites for hydroxylation is 1. The molecule has 0 spiro atoms. The van der Waals surface area contributed by atoms with Gasteiger partial charge in [-0.15, -0.1) is 0 Å². The number of nitrogens with one attached hydrogen (secondary N) is 1. The molecule has 166 valence electrons. The molecule has 4 rings (SSSR count). The zero-order valence-electron chi connectivity index (χ0n) is 16.3. The normalized spacial score (nSPS) is 15.4. The maximum Gasteiger partial charge on any atom is 0.419 e. The number of ether oxygens (including phenoxy) is 1. The number of aromatic nitrogens is 1. The van der Waals surface area contributed by atoms with E-state index in [1.807, 2.05) is 0 Å². The highest BCUT2D eigenvalue weighted by Crippen LogP contribution is 2.36. The highest BCUT2D eigenvalue weighted by molar-refractivity contribution is 7.92. The van der Waals surface area contributed by atoms with Crippen LogP contribution in [0, 0.1) is 0 Å². The SMILES string of the molecule is Cn1c(=O)oc2cc(S(=O)(=O)Nc3cc(C(F)(F)F)ccc3N3CCOCC3)ccc21. The Bertz CT molecular complexity index is 1290. The van der Waals surface area contributed by atoms with Gasteiger partial charge in [0, 0.05) is 26.2 Å². The second-order valence-corrected chi connectivity index (χ2v) is 8.67. The fraction of sp³-hybridized carbons (Fsp3) is 0.316. The predicted octanol–water partition coefficient (Wildman–Crippen LogP) is 2.79. The van der Waals surface area contributed by atoms with Gasteiger partial charge >= 0.3 is 11.9 Å². The van der Waals surface area contributed by atoms with Crippen LogP contribution in [-0.4, -0.2) is 39.3 Å². The summed E-state index contributed by atoms with van der Waals surface area (Å²) in [6.45, 7) is 1.55. The third kappa shape index (κ3) is 4.12. The van der Waals surface area contributed by atoms with Gasteiger partial charge in [-0.25, -0.2) is 13.2 Å². The predicted molar refractivity (Wildman–Crippen MR) is 107 cm³/mol. The smallest absolute Gasteiger partial charge is 0.408 e. The number of nitrogens with zero attached hydrogens (tertiary/aromatic N) is 2. The summed E-state index contributed by atoms with van der Waals surface area (Å²) in [5.41, 5.74) is -0.435. The molecule has 1 N–H and O–H groups in total. The Hall–Kier alpha value is -2.99. The summed E-state index contributed by atoms with van der Waals surface area (Å²) in [6, 6.07) is 6.72. The Morgan fingerprint density at radius 3 is 2.45 bits per heavy atom. The molecule has 0 unspecified atom stereocenters. The lowest BCUT2D eigenvalue weighted by atomic mass is 10.1. The molecule has 0 amide bonds. The summed E-state index contributed by atoms with van der Waals surface area (Å²) in [5.74, 6) is -0.662. The first-order valence-electron chi connectivity index (χ1n) is 9.22. The molecule has 0 bridgehead atoms. The van der Waals surface area contributed by atoms with Gasteiger partial charge in [0.1, 0.15) is 0 Å². The summed E-state index contributed by atoms with van der Waals surface area (Å²) in [7, 11) is -2.81. The molecular formula is C19H18F3N3O5S. The van der Waals surface area contributed by atoms with E-state index in [0.29, 0.717) is 37.5 Å². The Kier molecular flexibility index (Phi) is 5.21. The number of fused-ring (bicyclic) bond motifs is 1. The number of halogens is 3. The summed E-state index contributed by atoms with van der Waals surface area (Å²) < 4.78 is 79.5. The van der Waals surface area contributed by atoms with Crippen LogP contribution >= 0.6 is 0 Å². The van der Waals surface area contributed by atoms with Crippen LogP contribution in [0.15, 0.2) is 50.5 Å². The molecule has 1 fully saturated rings. The van der Waals surface area contributed by atoms with Gasteiger partial charge in [-0.05, 0) is 30.3 Å². The summed E-state index contributed by atoms with van der Waals surface area (Å²) in [4.78, 5) is 13.2. The third-order valence-corrected chi connectivity index (χ3v) is 6.36. The van der Waals surface area contributed by atoms with Crippen molar-refractivity contribution in [2.75, 3.05) is 35.9 Å². The van der Waals surface area contributed by atoms with E-state index in [9.17, 15) is 26.4 Å². The minimum absolute atomic E-state index is 0.0489. The van der Waals surface area contributed by atoms with Gasteiger partial charge in [-0.3, -0.25) is 9.29 Å². The standard InChI is InChI=1S/C19H18F3N3O5S/c1-24-16-5-3-13(11-17(16)30-18(24)26)31(27,28)23-14-10-12(19(20,21)22)2-4-15(14)25-6-8-29-9-7-25/h2-5,10-11,23H,6-9H2,1H3. The Balaban J connectivity index is 1.76. The van der Waals surface area contributed by atoms with E-state index in [4.69, 9.17) is 9.15 Å². The van der Waals surface area contributed by atoms with E-state index in [0.717, 1.165) is 18.2 Å². The van der Waals surface area contributed by atoms with Gasteiger partial charge in [0.25, 0.3) is 10.0 Å². The fourth-order valence-corrected chi connectivity index (χ4v) is 4.44. The van der Waals surface area contributed by atoms with E-state index in [-0.39, 0.29) is 16.2 Å². The molecule has 1 aromatic heterocycles. The van der Waals surface area contributed by atoms with Crippen LogP contribution < -0.4 is 15.4 Å². The van der Waals surface area contributed by atoms with Crippen molar-refractivity contribution in [1.82, 2.24) is 4.57 Å². The molecule has 2 aromatic carbocycles. The van der Waals surface area contributed by atoms with Crippen molar-refractivity contribution in [3.63, 3.8) is 0 Å². The molecule has 8 nitrogen and oxygen atoms in total. The van der Waals surface area contributed by atoms with E-state index in [2.05, 4.69) is 4.72 Å². The minimum Gasteiger partial charge on any atom is -0.408 e. The maximum absolute atomic E-state index is 13.3. The zero-order chi connectivity index (χ0) is 22.4. The van der Waals surface area contributed by atoms with Crippen molar-refractivity contribution in [1.29, 1.82) is 0 Å². The Morgan fingerprint density at radius 2 is 1.77 bits per heavy atom. The molecule has 31 heavy (non-hydrogen) atoms. The fourth-order valence-electron chi connectivity index (χ4n) is 3.36. The number of anilines is 2. The number of rotatable bonds is 4.